The van der Waals surface area contributed by atoms with Gasteiger partial charge >= 0.3 is 0 Å². The first-order valence-electron chi connectivity index (χ1n) is 4.87. The molecule has 8 heteroatoms. The average Bonchev–Trinajstić information content (AvgIpc) is 2.98. The quantitative estimate of drug-likeness (QED) is 0.589. The molecule has 0 spiro atoms. The van der Waals surface area contributed by atoms with Crippen LogP contribution in [0, 0.1) is 0 Å². The zero-order valence-corrected chi connectivity index (χ0v) is 9.66. The smallest absolute Gasteiger partial charge is 0.242 e. The zero-order valence-electron chi connectivity index (χ0n) is 8.84. The van der Waals surface area contributed by atoms with Gasteiger partial charge in [0.2, 0.25) is 10.0 Å². The minimum atomic E-state index is -3.57. The van der Waals surface area contributed by atoms with E-state index in [1.54, 1.807) is 6.20 Å². The fourth-order valence-electron chi connectivity index (χ4n) is 1.30. The van der Waals surface area contributed by atoms with Gasteiger partial charge in [0.05, 0.1) is 24.4 Å². The lowest BCUT2D eigenvalue weighted by molar-refractivity contribution is 0.277. The number of nitrogens with one attached hydrogen (secondary N) is 3. The van der Waals surface area contributed by atoms with Gasteiger partial charge in [-0.25, -0.2) is 18.1 Å². The van der Waals surface area contributed by atoms with Crippen molar-refractivity contribution in [3.05, 3.63) is 36.2 Å². The number of hydrogen-bond acceptors (Lipinski definition) is 4. The van der Waals surface area contributed by atoms with Crippen LogP contribution in [0.5, 0.6) is 0 Å². The van der Waals surface area contributed by atoms with Gasteiger partial charge in [-0.3, -0.25) is 0 Å². The van der Waals surface area contributed by atoms with E-state index < -0.39 is 10.0 Å². The molecule has 0 atom stereocenters. The number of aliphatic hydroxyl groups excluding tert-OH is 1. The summed E-state index contributed by atoms with van der Waals surface area (Å²) in [4.78, 5) is 9.34. The van der Waals surface area contributed by atoms with Crippen LogP contribution in [-0.2, 0) is 23.2 Å². The molecule has 0 saturated heterocycles. The van der Waals surface area contributed by atoms with Gasteiger partial charge in [-0.15, -0.1) is 0 Å². The van der Waals surface area contributed by atoms with Crippen LogP contribution in [0.3, 0.4) is 0 Å². The second kappa shape index (κ2) is 4.70. The number of imidazole rings is 1. The van der Waals surface area contributed by atoms with Gasteiger partial charge in [0.15, 0.2) is 0 Å². The zero-order chi connectivity index (χ0) is 12.3. The Morgan fingerprint density at radius 1 is 1.35 bits per heavy atom. The van der Waals surface area contributed by atoms with E-state index in [0.29, 0.717) is 11.4 Å². The topological polar surface area (TPSA) is 111 Å². The summed E-state index contributed by atoms with van der Waals surface area (Å²) in [7, 11) is -3.57. The van der Waals surface area contributed by atoms with Gasteiger partial charge in [-0.1, -0.05) is 0 Å². The van der Waals surface area contributed by atoms with Gasteiger partial charge in [-0.2, -0.15) is 0 Å². The summed E-state index contributed by atoms with van der Waals surface area (Å²) in [6, 6.07) is 1.38. The summed E-state index contributed by atoms with van der Waals surface area (Å²) in [5.74, 6) is 0. The Kier molecular flexibility index (Phi) is 3.27. The van der Waals surface area contributed by atoms with Gasteiger partial charge in [-0.05, 0) is 6.07 Å². The van der Waals surface area contributed by atoms with Crippen LogP contribution in [0.4, 0.5) is 0 Å². The minimum absolute atomic E-state index is 0.0982. The molecule has 7 nitrogen and oxygen atoms in total. The molecule has 0 bridgehead atoms. The van der Waals surface area contributed by atoms with E-state index in [9.17, 15) is 8.42 Å². The molecule has 0 saturated carbocycles. The Morgan fingerprint density at radius 2 is 2.18 bits per heavy atom. The van der Waals surface area contributed by atoms with E-state index in [4.69, 9.17) is 5.11 Å². The third kappa shape index (κ3) is 2.73. The molecule has 0 aliphatic rings. The number of aliphatic hydroxyl groups is 1. The lowest BCUT2D eigenvalue weighted by Crippen LogP contribution is -2.22. The van der Waals surface area contributed by atoms with Gasteiger partial charge < -0.3 is 15.1 Å². The SMILES string of the molecule is O=S(=O)(NCc1cnc[nH]1)c1c[nH]c(CO)c1. The van der Waals surface area contributed by atoms with Crippen molar-refractivity contribution in [1.29, 1.82) is 0 Å². The van der Waals surface area contributed by atoms with Gasteiger partial charge in [0, 0.05) is 23.8 Å². The average molecular weight is 256 g/mol. The first-order chi connectivity index (χ1) is 8.12. The maximum atomic E-state index is 11.8. The maximum Gasteiger partial charge on any atom is 0.242 e. The van der Waals surface area contributed by atoms with Crippen LogP contribution < -0.4 is 4.72 Å². The number of nitrogens with zero attached hydrogens (tertiary/aromatic N) is 1. The molecule has 0 radical (unpaired) electrons. The van der Waals surface area contributed by atoms with Crippen molar-refractivity contribution in [2.75, 3.05) is 0 Å². The van der Waals surface area contributed by atoms with Crippen LogP contribution in [0.25, 0.3) is 0 Å². The molecule has 2 aromatic rings. The molecule has 2 aromatic heterocycles. The highest BCUT2D eigenvalue weighted by atomic mass is 32.2. The predicted molar refractivity (Wildman–Crippen MR) is 59.3 cm³/mol. The summed E-state index contributed by atoms with van der Waals surface area (Å²) < 4.78 is 26.0. The number of sulfonamides is 1. The van der Waals surface area contributed by atoms with Crippen molar-refractivity contribution in [3.63, 3.8) is 0 Å². The molecule has 0 aliphatic carbocycles. The van der Waals surface area contributed by atoms with E-state index in [1.807, 2.05) is 0 Å². The number of aromatic nitrogens is 3. The van der Waals surface area contributed by atoms with Crippen molar-refractivity contribution >= 4 is 10.0 Å². The number of rotatable bonds is 5. The molecule has 4 N–H and O–H groups in total. The standard InChI is InChI=1S/C9H12N4O3S/c14-5-7-1-9(4-11-7)17(15,16)13-3-8-2-10-6-12-8/h1-2,4,6,11,13-14H,3,5H2,(H,10,12). The Labute approximate surface area is 98.0 Å². The first kappa shape index (κ1) is 11.8. The Balaban J connectivity index is 2.08. The normalized spacial score (nSPS) is 11.8. The lowest BCUT2D eigenvalue weighted by atomic mass is 10.5. The number of H-pyrrole nitrogens is 2. The van der Waals surface area contributed by atoms with E-state index in [1.165, 1.54) is 18.6 Å². The van der Waals surface area contributed by atoms with E-state index in [0.717, 1.165) is 0 Å². The first-order valence-corrected chi connectivity index (χ1v) is 6.35. The van der Waals surface area contributed by atoms with E-state index in [-0.39, 0.29) is 18.0 Å². The highest BCUT2D eigenvalue weighted by molar-refractivity contribution is 7.89. The summed E-state index contributed by atoms with van der Waals surface area (Å²) in [5.41, 5.74) is 1.12. The fourth-order valence-corrected chi connectivity index (χ4v) is 2.33. The second-order valence-corrected chi connectivity index (χ2v) is 5.19. The Bertz CT molecular complexity index is 573. The largest absolute Gasteiger partial charge is 0.390 e. The van der Waals surface area contributed by atoms with Crippen molar-refractivity contribution in [3.8, 4) is 0 Å². The molecule has 0 aliphatic heterocycles. The molecule has 92 valence electrons. The van der Waals surface area contributed by atoms with Gasteiger partial charge in [0.1, 0.15) is 0 Å². The van der Waals surface area contributed by atoms with E-state index in [2.05, 4.69) is 19.7 Å². The van der Waals surface area contributed by atoms with Gasteiger partial charge in [0.25, 0.3) is 0 Å². The van der Waals surface area contributed by atoms with Crippen LogP contribution in [-0.4, -0.2) is 28.5 Å². The van der Waals surface area contributed by atoms with Crippen LogP contribution in [0.2, 0.25) is 0 Å². The molecule has 2 heterocycles. The van der Waals surface area contributed by atoms with Crippen LogP contribution in [0.15, 0.2) is 29.7 Å². The maximum absolute atomic E-state index is 11.8. The minimum Gasteiger partial charge on any atom is -0.390 e. The van der Waals surface area contributed by atoms with Crippen LogP contribution in [0.1, 0.15) is 11.4 Å². The Hall–Kier alpha value is -1.64. The molecule has 2 rings (SSSR count). The summed E-state index contributed by atoms with van der Waals surface area (Å²) in [6.07, 6.45) is 4.35. The highest BCUT2D eigenvalue weighted by Crippen LogP contribution is 2.10. The van der Waals surface area contributed by atoms with E-state index >= 15 is 0 Å². The third-order valence-electron chi connectivity index (χ3n) is 2.20. The summed E-state index contributed by atoms with van der Waals surface area (Å²) >= 11 is 0. The molecule has 0 fully saturated rings. The number of hydrogen-bond donors (Lipinski definition) is 4. The molecular weight excluding hydrogens is 244 g/mol. The highest BCUT2D eigenvalue weighted by Gasteiger charge is 2.15. The molecular formula is C9H12N4O3S. The fraction of sp³-hybridized carbons (Fsp3) is 0.222. The summed E-state index contributed by atoms with van der Waals surface area (Å²) in [6.45, 7) is -0.0853. The summed E-state index contributed by atoms with van der Waals surface area (Å²) in [5, 5.41) is 8.84. The third-order valence-corrected chi connectivity index (χ3v) is 3.59. The molecule has 0 amide bonds. The molecule has 17 heavy (non-hydrogen) atoms. The number of aromatic amines is 2. The van der Waals surface area contributed by atoms with Crippen LogP contribution >= 0.6 is 0 Å². The van der Waals surface area contributed by atoms with Crippen molar-refractivity contribution in [2.45, 2.75) is 18.0 Å². The monoisotopic (exact) mass is 256 g/mol. The Morgan fingerprint density at radius 3 is 2.76 bits per heavy atom. The van der Waals surface area contributed by atoms with Crippen molar-refractivity contribution in [2.24, 2.45) is 0 Å². The molecule has 0 aromatic carbocycles. The van der Waals surface area contributed by atoms with Crippen molar-refractivity contribution in [1.82, 2.24) is 19.7 Å². The predicted octanol–water partition coefficient (Wildman–Crippen LogP) is -0.291. The van der Waals surface area contributed by atoms with Crippen molar-refractivity contribution < 1.29 is 13.5 Å². The second-order valence-electron chi connectivity index (χ2n) is 3.42. The molecule has 0 unspecified atom stereocenters. The lowest BCUT2D eigenvalue weighted by Gasteiger charge is -2.02.